The molecule has 0 radical (unpaired) electrons. The summed E-state index contributed by atoms with van der Waals surface area (Å²) < 4.78 is 9.28. The summed E-state index contributed by atoms with van der Waals surface area (Å²) in [5, 5.41) is 20.0. The van der Waals surface area contributed by atoms with E-state index in [0.717, 1.165) is 12.2 Å². The van der Waals surface area contributed by atoms with Gasteiger partial charge >= 0.3 is 44.0 Å². The van der Waals surface area contributed by atoms with Crippen molar-refractivity contribution in [1.82, 2.24) is 0 Å². The third-order valence-electron chi connectivity index (χ3n) is 0.980. The quantitative estimate of drug-likeness (QED) is 0.517. The zero-order chi connectivity index (χ0) is 15.8. The number of carbonyl (C=O) groups excluding carboxylic acids is 2. The molecule has 0 aromatic carbocycles. The summed E-state index contributed by atoms with van der Waals surface area (Å²) >= 11 is -0.782. The van der Waals surface area contributed by atoms with Crippen LogP contribution >= 0.6 is 0 Å². The van der Waals surface area contributed by atoms with Crippen LogP contribution in [0.15, 0.2) is 23.7 Å². The van der Waals surface area contributed by atoms with Crippen molar-refractivity contribution in [2.24, 2.45) is 0 Å². The van der Waals surface area contributed by atoms with Crippen molar-refractivity contribution in [3.05, 3.63) is 23.7 Å². The Balaban J connectivity index is -0.000000206. The number of rotatable bonds is 4. The first-order valence-corrected chi connectivity index (χ1v) is 7.20. The molecule has 19 heavy (non-hydrogen) atoms. The second-order valence-electron chi connectivity index (χ2n) is 3.22. The fraction of sp³-hybridized carbons (Fsp3) is 0.500. The Hall–Kier alpha value is -0.777. The SMILES string of the molecule is CC(=O)/C=C(/C)[O-].CC(=O)/C=C(/C)[O-].C[O][Zr+2][O]C. The molecule has 0 amide bonds. The van der Waals surface area contributed by atoms with Gasteiger partial charge in [0.25, 0.3) is 0 Å². The van der Waals surface area contributed by atoms with Gasteiger partial charge in [-0.05, 0) is 26.0 Å². The molecule has 0 rings (SSSR count). The summed E-state index contributed by atoms with van der Waals surface area (Å²) in [5.74, 6) is -0.750. The van der Waals surface area contributed by atoms with Crippen molar-refractivity contribution in [2.45, 2.75) is 27.7 Å². The zero-order valence-electron chi connectivity index (χ0n) is 12.1. The number of allylic oxidation sites excluding steroid dienone is 4. The summed E-state index contributed by atoms with van der Waals surface area (Å²) in [7, 11) is 3.32. The molecule has 0 aromatic rings. The Kier molecular flexibility index (Phi) is 21.1. The van der Waals surface area contributed by atoms with Gasteiger partial charge in [-0.15, -0.1) is 11.5 Å². The van der Waals surface area contributed by atoms with Crippen molar-refractivity contribution in [1.29, 1.82) is 0 Å². The predicted molar refractivity (Wildman–Crippen MR) is 62.9 cm³/mol. The third kappa shape index (κ3) is 46.9. The van der Waals surface area contributed by atoms with Gasteiger partial charge in [-0.2, -0.15) is 0 Å². The molecule has 0 N–H and O–H groups in total. The first-order chi connectivity index (χ1) is 8.67. The van der Waals surface area contributed by atoms with Crippen LogP contribution in [0.3, 0.4) is 0 Å². The van der Waals surface area contributed by atoms with E-state index in [1.807, 2.05) is 0 Å². The number of ketones is 2. The van der Waals surface area contributed by atoms with Gasteiger partial charge < -0.3 is 10.2 Å². The van der Waals surface area contributed by atoms with Gasteiger partial charge in [0, 0.05) is 0 Å². The average Bonchev–Trinajstić information content (AvgIpc) is 2.15. The van der Waals surface area contributed by atoms with Crippen LogP contribution in [0.5, 0.6) is 0 Å². The Bertz CT molecular complexity index is 271. The molecule has 0 unspecified atom stereocenters. The molecule has 0 heterocycles. The van der Waals surface area contributed by atoms with Gasteiger partial charge in [0.15, 0.2) is 11.6 Å². The summed E-state index contributed by atoms with van der Waals surface area (Å²) in [4.78, 5) is 20.0. The predicted octanol–water partition coefficient (Wildman–Crippen LogP) is -0.129. The van der Waals surface area contributed by atoms with Gasteiger partial charge in [-0.1, -0.05) is 13.8 Å². The summed E-state index contributed by atoms with van der Waals surface area (Å²) in [6, 6.07) is 0. The number of carbonyl (C=O) groups is 2. The molecule has 6 nitrogen and oxygen atoms in total. The molecular weight excluding hydrogens is 331 g/mol. The monoisotopic (exact) mass is 350 g/mol. The van der Waals surface area contributed by atoms with Crippen LogP contribution < -0.4 is 10.2 Å². The molecule has 0 aliphatic heterocycles. The van der Waals surface area contributed by atoms with E-state index in [4.69, 9.17) is 0 Å². The van der Waals surface area contributed by atoms with Crippen LogP contribution in [0.1, 0.15) is 27.7 Å². The molecule has 108 valence electrons. The maximum absolute atomic E-state index is 9.98. The molecule has 0 spiro atoms. The van der Waals surface area contributed by atoms with Crippen LogP contribution in [0, 0.1) is 0 Å². The topological polar surface area (TPSA) is 98.7 Å². The first kappa shape index (κ1) is 23.3. The zero-order valence-corrected chi connectivity index (χ0v) is 14.6. The van der Waals surface area contributed by atoms with E-state index >= 15 is 0 Å². The maximum atomic E-state index is 9.98. The second kappa shape index (κ2) is 17.2. The molecule has 0 aliphatic rings. The van der Waals surface area contributed by atoms with Gasteiger partial charge in [-0.25, -0.2) is 0 Å². The summed E-state index contributed by atoms with van der Waals surface area (Å²) in [6.07, 6.45) is 2.11. The summed E-state index contributed by atoms with van der Waals surface area (Å²) in [6.45, 7) is 5.39. The standard InChI is InChI=1S/2C5H8O2.2CH3O.Zr/c2*1-4(6)3-5(2)7;2*1-2;/h2*3,6H,1-2H3;2*1H3;/q;;2*-1;+4/p-2/b2*4-3-;;;. The van der Waals surface area contributed by atoms with Crippen molar-refractivity contribution >= 4 is 11.6 Å². The van der Waals surface area contributed by atoms with Crippen molar-refractivity contribution in [3.8, 4) is 0 Å². The van der Waals surface area contributed by atoms with Crippen molar-refractivity contribution in [3.63, 3.8) is 0 Å². The molecule has 7 heteroatoms. The van der Waals surface area contributed by atoms with Gasteiger partial charge in [-0.3, -0.25) is 9.59 Å². The molecule has 0 bridgehead atoms. The van der Waals surface area contributed by atoms with E-state index in [9.17, 15) is 19.8 Å². The number of hydrogen-bond acceptors (Lipinski definition) is 6. The average molecular weight is 352 g/mol. The molecule has 0 aliphatic carbocycles. The van der Waals surface area contributed by atoms with E-state index in [-0.39, 0.29) is 23.1 Å². The molecular formula is C12H20O6Zr. The normalized spacial score (nSPS) is 10.2. The Labute approximate surface area is 126 Å². The Morgan fingerprint density at radius 3 is 1.11 bits per heavy atom. The minimum absolute atomic E-state index is 0.187. The molecule has 0 saturated heterocycles. The van der Waals surface area contributed by atoms with E-state index in [2.05, 4.69) is 5.63 Å². The van der Waals surface area contributed by atoms with Crippen molar-refractivity contribution < 1.29 is 49.5 Å². The molecule has 0 atom stereocenters. The van der Waals surface area contributed by atoms with E-state index in [1.54, 1.807) is 14.2 Å². The Morgan fingerprint density at radius 2 is 1.11 bits per heavy atom. The van der Waals surface area contributed by atoms with Crippen LogP contribution in [0.25, 0.3) is 0 Å². The van der Waals surface area contributed by atoms with E-state index in [1.165, 1.54) is 27.7 Å². The van der Waals surface area contributed by atoms with Crippen LogP contribution in [-0.2, 0) is 39.3 Å². The van der Waals surface area contributed by atoms with Crippen molar-refractivity contribution in [2.75, 3.05) is 14.2 Å². The third-order valence-corrected chi connectivity index (χ3v) is 1.80. The summed E-state index contributed by atoms with van der Waals surface area (Å²) in [5.41, 5.74) is 0. The van der Waals surface area contributed by atoms with Gasteiger partial charge in [0.1, 0.15) is 0 Å². The van der Waals surface area contributed by atoms with E-state index < -0.39 is 24.1 Å². The fourth-order valence-corrected chi connectivity index (χ4v) is 1.07. The molecule has 0 fully saturated rings. The second-order valence-corrected chi connectivity index (χ2v) is 5.64. The van der Waals surface area contributed by atoms with Gasteiger partial charge in [0.05, 0.1) is 0 Å². The first-order valence-electron chi connectivity index (χ1n) is 5.20. The fourth-order valence-electron chi connectivity index (χ4n) is 0.656. The molecule has 0 aromatic heterocycles. The molecule has 0 saturated carbocycles. The van der Waals surface area contributed by atoms with Gasteiger partial charge in [0.2, 0.25) is 0 Å². The van der Waals surface area contributed by atoms with Crippen LogP contribution in [-0.4, -0.2) is 25.8 Å². The Morgan fingerprint density at radius 1 is 0.842 bits per heavy atom. The van der Waals surface area contributed by atoms with Crippen LogP contribution in [0.2, 0.25) is 0 Å². The van der Waals surface area contributed by atoms with Crippen LogP contribution in [0.4, 0.5) is 0 Å². The minimum atomic E-state index is -0.782. The van der Waals surface area contributed by atoms with E-state index in [0.29, 0.717) is 0 Å². The number of hydrogen-bond donors (Lipinski definition) is 0.